The molecule has 0 aliphatic heterocycles. The number of nitro benzene ring substituents is 1. The van der Waals surface area contributed by atoms with Gasteiger partial charge in [-0.05, 0) is 25.8 Å². The summed E-state index contributed by atoms with van der Waals surface area (Å²) >= 11 is 0. The molecule has 5 nitrogen and oxygen atoms in total. The number of nitro groups is 1. The van der Waals surface area contributed by atoms with Crippen molar-refractivity contribution in [3.05, 3.63) is 28.3 Å². The van der Waals surface area contributed by atoms with Crippen LogP contribution in [0.4, 0.5) is 17.1 Å². The molecule has 0 aliphatic carbocycles. The average molecular weight is 265 g/mol. The van der Waals surface area contributed by atoms with Crippen molar-refractivity contribution >= 4 is 17.1 Å². The summed E-state index contributed by atoms with van der Waals surface area (Å²) in [6.07, 6.45) is 3.21. The van der Waals surface area contributed by atoms with Crippen molar-refractivity contribution < 1.29 is 4.92 Å². The Kier molecular flexibility index (Phi) is 5.60. The van der Waals surface area contributed by atoms with Gasteiger partial charge in [0.25, 0.3) is 5.69 Å². The van der Waals surface area contributed by atoms with E-state index in [0.29, 0.717) is 11.7 Å². The first kappa shape index (κ1) is 15.3. The maximum atomic E-state index is 10.7. The van der Waals surface area contributed by atoms with E-state index in [1.54, 1.807) is 6.07 Å². The van der Waals surface area contributed by atoms with E-state index < -0.39 is 4.92 Å². The molecule has 1 unspecified atom stereocenters. The molecule has 0 saturated carbocycles. The molecule has 0 fully saturated rings. The molecule has 0 amide bonds. The van der Waals surface area contributed by atoms with E-state index in [2.05, 4.69) is 25.7 Å². The highest BCUT2D eigenvalue weighted by Crippen LogP contribution is 2.29. The summed E-state index contributed by atoms with van der Waals surface area (Å²) in [6.45, 7) is 7.35. The summed E-state index contributed by atoms with van der Waals surface area (Å²) in [5.74, 6) is 0. The predicted octanol–water partition coefficient (Wildman–Crippen LogP) is 3.58. The summed E-state index contributed by atoms with van der Waals surface area (Å²) in [6, 6.07) is 5.09. The fourth-order valence-electron chi connectivity index (χ4n) is 2.04. The van der Waals surface area contributed by atoms with Crippen LogP contribution in [0.1, 0.15) is 40.0 Å². The van der Waals surface area contributed by atoms with Crippen LogP contribution in [0.15, 0.2) is 18.2 Å². The molecule has 0 saturated heterocycles. The van der Waals surface area contributed by atoms with Crippen LogP contribution < -0.4 is 10.6 Å². The molecule has 1 atom stereocenters. The van der Waals surface area contributed by atoms with Crippen LogP contribution in [0, 0.1) is 10.1 Å². The molecule has 0 aromatic heterocycles. The Bertz CT molecular complexity index is 435. The zero-order valence-corrected chi connectivity index (χ0v) is 11.9. The SMILES string of the molecule is CCCCN(c1ccc([N+](=O)[O-])cc1N)C(C)CC. The van der Waals surface area contributed by atoms with Crippen LogP contribution in [-0.2, 0) is 0 Å². The molecule has 5 heteroatoms. The van der Waals surface area contributed by atoms with Crippen LogP contribution in [0.25, 0.3) is 0 Å². The average Bonchev–Trinajstić information content (AvgIpc) is 2.39. The molecular formula is C14H23N3O2. The van der Waals surface area contributed by atoms with Crippen LogP contribution >= 0.6 is 0 Å². The lowest BCUT2D eigenvalue weighted by molar-refractivity contribution is -0.384. The standard InChI is InChI=1S/C14H23N3O2/c1-4-6-9-16(11(3)5-2)14-8-7-12(17(18)19)10-13(14)15/h7-8,10-11H,4-6,9,15H2,1-3H3. The number of nitrogen functional groups attached to an aromatic ring is 1. The van der Waals surface area contributed by atoms with Crippen molar-refractivity contribution in [3.63, 3.8) is 0 Å². The molecule has 106 valence electrons. The number of unbranched alkanes of at least 4 members (excludes halogenated alkanes) is 1. The minimum Gasteiger partial charge on any atom is -0.397 e. The highest BCUT2D eigenvalue weighted by molar-refractivity contribution is 5.71. The third-order valence-electron chi connectivity index (χ3n) is 3.41. The number of rotatable bonds is 7. The normalized spacial score (nSPS) is 12.2. The Morgan fingerprint density at radius 2 is 2.11 bits per heavy atom. The van der Waals surface area contributed by atoms with Gasteiger partial charge in [0.2, 0.25) is 0 Å². The fourth-order valence-corrected chi connectivity index (χ4v) is 2.04. The third kappa shape index (κ3) is 3.84. The first-order chi connectivity index (χ1) is 9.01. The maximum absolute atomic E-state index is 10.7. The number of nitrogens with two attached hydrogens (primary N) is 1. The van der Waals surface area contributed by atoms with Gasteiger partial charge in [0.15, 0.2) is 0 Å². The van der Waals surface area contributed by atoms with Crippen molar-refractivity contribution in [1.82, 2.24) is 0 Å². The summed E-state index contributed by atoms with van der Waals surface area (Å²) in [4.78, 5) is 12.6. The predicted molar refractivity (Wildman–Crippen MR) is 79.5 cm³/mol. The lowest BCUT2D eigenvalue weighted by atomic mass is 10.1. The molecule has 1 rings (SSSR count). The summed E-state index contributed by atoms with van der Waals surface area (Å²) < 4.78 is 0. The van der Waals surface area contributed by atoms with Crippen molar-refractivity contribution in [2.24, 2.45) is 0 Å². The monoisotopic (exact) mass is 265 g/mol. The molecule has 1 aromatic rings. The van der Waals surface area contributed by atoms with E-state index in [9.17, 15) is 10.1 Å². The highest BCUT2D eigenvalue weighted by atomic mass is 16.6. The molecule has 2 N–H and O–H groups in total. The topological polar surface area (TPSA) is 72.4 Å². The molecule has 0 heterocycles. The number of anilines is 2. The van der Waals surface area contributed by atoms with E-state index in [-0.39, 0.29) is 5.69 Å². The van der Waals surface area contributed by atoms with Gasteiger partial charge in [-0.25, -0.2) is 0 Å². The quantitative estimate of drug-likeness (QED) is 0.464. The molecule has 1 aromatic carbocycles. The first-order valence-corrected chi connectivity index (χ1v) is 6.81. The van der Waals surface area contributed by atoms with Gasteiger partial charge in [-0.15, -0.1) is 0 Å². The second kappa shape index (κ2) is 6.97. The van der Waals surface area contributed by atoms with E-state index in [1.807, 2.05) is 0 Å². The lowest BCUT2D eigenvalue weighted by Crippen LogP contribution is -2.34. The Morgan fingerprint density at radius 1 is 1.42 bits per heavy atom. The largest absolute Gasteiger partial charge is 0.397 e. The Morgan fingerprint density at radius 3 is 2.58 bits per heavy atom. The number of benzene rings is 1. The van der Waals surface area contributed by atoms with Crippen LogP contribution in [0.2, 0.25) is 0 Å². The van der Waals surface area contributed by atoms with E-state index >= 15 is 0 Å². The van der Waals surface area contributed by atoms with Crippen LogP contribution in [0.3, 0.4) is 0 Å². The van der Waals surface area contributed by atoms with Crippen LogP contribution in [-0.4, -0.2) is 17.5 Å². The molecule has 0 radical (unpaired) electrons. The van der Waals surface area contributed by atoms with Gasteiger partial charge in [-0.3, -0.25) is 10.1 Å². The Balaban J connectivity index is 3.04. The van der Waals surface area contributed by atoms with Crippen LogP contribution in [0.5, 0.6) is 0 Å². The second-order valence-electron chi connectivity index (χ2n) is 4.80. The molecule has 0 spiro atoms. The van der Waals surface area contributed by atoms with Gasteiger partial charge in [0.05, 0.1) is 16.3 Å². The third-order valence-corrected chi connectivity index (χ3v) is 3.41. The molecular weight excluding hydrogens is 242 g/mol. The van der Waals surface area contributed by atoms with Crippen molar-refractivity contribution in [3.8, 4) is 0 Å². The fraction of sp³-hybridized carbons (Fsp3) is 0.571. The van der Waals surface area contributed by atoms with Gasteiger partial charge in [0.1, 0.15) is 0 Å². The highest BCUT2D eigenvalue weighted by Gasteiger charge is 2.17. The van der Waals surface area contributed by atoms with E-state index in [1.165, 1.54) is 12.1 Å². The Hall–Kier alpha value is -1.78. The lowest BCUT2D eigenvalue weighted by Gasteiger charge is -2.31. The van der Waals surface area contributed by atoms with Gasteiger partial charge in [0, 0.05) is 24.7 Å². The van der Waals surface area contributed by atoms with E-state index in [4.69, 9.17) is 5.73 Å². The number of non-ortho nitro benzene ring substituents is 1. The minimum absolute atomic E-state index is 0.0424. The summed E-state index contributed by atoms with van der Waals surface area (Å²) in [7, 11) is 0. The first-order valence-electron chi connectivity index (χ1n) is 6.81. The number of hydrogen-bond acceptors (Lipinski definition) is 4. The summed E-state index contributed by atoms with van der Waals surface area (Å²) in [5, 5.41) is 10.7. The van der Waals surface area contributed by atoms with Crippen molar-refractivity contribution in [1.29, 1.82) is 0 Å². The summed E-state index contributed by atoms with van der Waals surface area (Å²) in [5.41, 5.74) is 7.39. The molecule has 0 bridgehead atoms. The van der Waals surface area contributed by atoms with Gasteiger partial charge < -0.3 is 10.6 Å². The van der Waals surface area contributed by atoms with E-state index in [0.717, 1.165) is 31.5 Å². The van der Waals surface area contributed by atoms with Crippen molar-refractivity contribution in [2.75, 3.05) is 17.2 Å². The number of hydrogen-bond donors (Lipinski definition) is 1. The number of nitrogens with zero attached hydrogens (tertiary/aromatic N) is 2. The minimum atomic E-state index is -0.417. The molecule has 19 heavy (non-hydrogen) atoms. The zero-order valence-electron chi connectivity index (χ0n) is 11.9. The maximum Gasteiger partial charge on any atom is 0.271 e. The smallest absolute Gasteiger partial charge is 0.271 e. The zero-order chi connectivity index (χ0) is 14.4. The molecule has 0 aliphatic rings. The van der Waals surface area contributed by atoms with Gasteiger partial charge in [-0.1, -0.05) is 20.3 Å². The van der Waals surface area contributed by atoms with Crippen molar-refractivity contribution in [2.45, 2.75) is 46.1 Å². The second-order valence-corrected chi connectivity index (χ2v) is 4.80. The van der Waals surface area contributed by atoms with Gasteiger partial charge >= 0.3 is 0 Å². The Labute approximate surface area is 114 Å². The van der Waals surface area contributed by atoms with Gasteiger partial charge in [-0.2, -0.15) is 0 Å².